The summed E-state index contributed by atoms with van der Waals surface area (Å²) in [4.78, 5) is 37.1. The van der Waals surface area contributed by atoms with Crippen LogP contribution >= 0.6 is 0 Å². The summed E-state index contributed by atoms with van der Waals surface area (Å²) in [6.07, 6.45) is -0.0364. The van der Waals surface area contributed by atoms with Crippen molar-refractivity contribution in [1.82, 2.24) is 25.9 Å². The van der Waals surface area contributed by atoms with Crippen LogP contribution in [0.15, 0.2) is 29.1 Å². The van der Waals surface area contributed by atoms with E-state index in [1.165, 1.54) is 0 Å². The zero-order chi connectivity index (χ0) is 20.1. The Hall–Kier alpha value is -2.78. The molecule has 2 heterocycles. The number of aromatic amines is 1. The van der Waals surface area contributed by atoms with Crippen molar-refractivity contribution in [3.05, 3.63) is 40.3 Å². The zero-order valence-electron chi connectivity index (χ0n) is 16.0. The predicted octanol–water partition coefficient (Wildman–Crippen LogP) is -0.0302. The van der Waals surface area contributed by atoms with E-state index in [1.807, 2.05) is 13.8 Å². The van der Waals surface area contributed by atoms with Gasteiger partial charge in [0.2, 0.25) is 5.91 Å². The average molecular weight is 387 g/mol. The van der Waals surface area contributed by atoms with Crippen LogP contribution in [-0.2, 0) is 20.7 Å². The van der Waals surface area contributed by atoms with Gasteiger partial charge in [-0.1, -0.05) is 32.0 Å². The number of carbonyl (C=O) groups is 2. The Morgan fingerprint density at radius 1 is 1.21 bits per heavy atom. The Balaban J connectivity index is 1.68. The fraction of sp³-hybridized carbons (Fsp3) is 0.474. The maximum Gasteiger partial charge on any atom is 0.272 e. The van der Waals surface area contributed by atoms with Crippen molar-refractivity contribution in [3.8, 4) is 0 Å². The molecule has 9 heteroatoms. The van der Waals surface area contributed by atoms with Crippen molar-refractivity contribution in [1.29, 1.82) is 0 Å². The van der Waals surface area contributed by atoms with Gasteiger partial charge in [0.1, 0.15) is 6.04 Å². The van der Waals surface area contributed by atoms with Crippen molar-refractivity contribution in [2.75, 3.05) is 26.3 Å². The minimum absolute atomic E-state index is 0.0364. The van der Waals surface area contributed by atoms with Crippen molar-refractivity contribution >= 4 is 22.6 Å². The van der Waals surface area contributed by atoms with Crippen LogP contribution in [0.4, 0.5) is 0 Å². The van der Waals surface area contributed by atoms with E-state index in [4.69, 9.17) is 4.74 Å². The zero-order valence-corrected chi connectivity index (χ0v) is 16.0. The molecule has 1 aliphatic rings. The van der Waals surface area contributed by atoms with Gasteiger partial charge in [-0.15, -0.1) is 0 Å². The first-order valence-corrected chi connectivity index (χ1v) is 9.34. The van der Waals surface area contributed by atoms with Crippen LogP contribution in [0.25, 0.3) is 10.8 Å². The van der Waals surface area contributed by atoms with E-state index in [2.05, 4.69) is 20.9 Å². The number of benzene rings is 1. The summed E-state index contributed by atoms with van der Waals surface area (Å²) in [5.41, 5.74) is 3.00. The lowest BCUT2D eigenvalue weighted by Gasteiger charge is -2.30. The number of nitrogens with zero attached hydrogens (tertiary/aromatic N) is 2. The second-order valence-corrected chi connectivity index (χ2v) is 7.09. The first kappa shape index (κ1) is 20.0. The van der Waals surface area contributed by atoms with Crippen LogP contribution in [0.1, 0.15) is 19.5 Å². The molecule has 0 bridgehead atoms. The van der Waals surface area contributed by atoms with E-state index in [-0.39, 0.29) is 29.7 Å². The number of fused-ring (bicyclic) bond motifs is 1. The van der Waals surface area contributed by atoms with Crippen molar-refractivity contribution in [3.63, 3.8) is 0 Å². The third-order valence-corrected chi connectivity index (χ3v) is 4.65. The Labute approximate surface area is 162 Å². The minimum Gasteiger partial charge on any atom is -0.379 e. The number of H-pyrrole nitrogens is 1. The van der Waals surface area contributed by atoms with Crippen LogP contribution in [0.3, 0.4) is 0 Å². The molecule has 1 fully saturated rings. The number of hydrogen-bond acceptors (Lipinski definition) is 6. The number of hydrogen-bond donors (Lipinski definition) is 3. The number of nitrogens with one attached hydrogen (secondary N) is 3. The highest BCUT2D eigenvalue weighted by Gasteiger charge is 2.26. The van der Waals surface area contributed by atoms with E-state index in [1.54, 1.807) is 29.3 Å². The highest BCUT2D eigenvalue weighted by Crippen LogP contribution is 2.13. The van der Waals surface area contributed by atoms with Crippen molar-refractivity contribution in [2.24, 2.45) is 5.92 Å². The number of carbonyl (C=O) groups excluding carboxylic acids is 2. The molecule has 1 atom stereocenters. The number of ether oxygens (including phenoxy) is 1. The topological polar surface area (TPSA) is 116 Å². The first-order chi connectivity index (χ1) is 13.5. The van der Waals surface area contributed by atoms with Crippen LogP contribution in [-0.4, -0.2) is 59.4 Å². The standard InChI is InChI=1S/C19H25N5O4/c1-12(2)17(19(27)23-24-7-9-28-10-8-24)20-16(25)11-15-13-5-3-4-6-14(13)18(26)22-21-15/h3-6,12,17H,7-11H2,1-2H3,(H,20,25)(H,22,26)(H,23,27). The molecule has 3 N–H and O–H groups in total. The maximum atomic E-state index is 12.6. The van der Waals surface area contributed by atoms with E-state index < -0.39 is 6.04 Å². The molecule has 0 radical (unpaired) electrons. The monoisotopic (exact) mass is 387 g/mol. The normalized spacial score (nSPS) is 16.1. The first-order valence-electron chi connectivity index (χ1n) is 9.34. The molecule has 1 aliphatic heterocycles. The molecule has 150 valence electrons. The van der Waals surface area contributed by atoms with Gasteiger partial charge in [-0.3, -0.25) is 19.8 Å². The van der Waals surface area contributed by atoms with Gasteiger partial charge in [-0.05, 0) is 12.0 Å². The second-order valence-electron chi connectivity index (χ2n) is 7.09. The molecule has 0 saturated carbocycles. The molecular formula is C19H25N5O4. The van der Waals surface area contributed by atoms with Crippen molar-refractivity contribution < 1.29 is 14.3 Å². The number of rotatable bonds is 6. The van der Waals surface area contributed by atoms with Gasteiger partial charge in [0, 0.05) is 18.5 Å². The summed E-state index contributed by atoms with van der Waals surface area (Å²) >= 11 is 0. The molecular weight excluding hydrogens is 362 g/mol. The van der Waals surface area contributed by atoms with E-state index in [0.717, 1.165) is 0 Å². The molecule has 1 aromatic carbocycles. The Morgan fingerprint density at radius 2 is 1.89 bits per heavy atom. The average Bonchev–Trinajstić information content (AvgIpc) is 2.69. The van der Waals surface area contributed by atoms with E-state index in [0.29, 0.717) is 42.8 Å². The SMILES string of the molecule is CC(C)C(NC(=O)Cc1n[nH]c(=O)c2ccccc12)C(=O)NN1CCOCC1. The number of hydrazine groups is 1. The van der Waals surface area contributed by atoms with E-state index >= 15 is 0 Å². The lowest BCUT2D eigenvalue weighted by atomic mass is 10.0. The fourth-order valence-corrected chi connectivity index (χ4v) is 3.12. The molecule has 1 unspecified atom stereocenters. The van der Waals surface area contributed by atoms with Crippen molar-refractivity contribution in [2.45, 2.75) is 26.3 Å². The van der Waals surface area contributed by atoms with Crippen LogP contribution in [0.2, 0.25) is 0 Å². The van der Waals surface area contributed by atoms with Gasteiger partial charge in [-0.2, -0.15) is 5.10 Å². The number of morpholine rings is 1. The lowest BCUT2D eigenvalue weighted by Crippen LogP contribution is -2.56. The van der Waals surface area contributed by atoms with E-state index in [9.17, 15) is 14.4 Å². The quantitative estimate of drug-likeness (QED) is 0.641. The Bertz CT molecular complexity index is 905. The van der Waals surface area contributed by atoms with Gasteiger partial charge in [0.15, 0.2) is 0 Å². The van der Waals surface area contributed by atoms with Gasteiger partial charge in [-0.25, -0.2) is 10.1 Å². The highest BCUT2D eigenvalue weighted by atomic mass is 16.5. The molecule has 9 nitrogen and oxygen atoms in total. The van der Waals surface area contributed by atoms with Gasteiger partial charge < -0.3 is 10.1 Å². The summed E-state index contributed by atoms with van der Waals surface area (Å²) in [5, 5.41) is 12.1. The third-order valence-electron chi connectivity index (χ3n) is 4.65. The highest BCUT2D eigenvalue weighted by molar-refractivity contribution is 5.91. The molecule has 28 heavy (non-hydrogen) atoms. The number of amides is 2. The van der Waals surface area contributed by atoms with Crippen LogP contribution in [0.5, 0.6) is 0 Å². The minimum atomic E-state index is -0.677. The van der Waals surface area contributed by atoms with Crippen LogP contribution in [0, 0.1) is 5.92 Å². The fourth-order valence-electron chi connectivity index (χ4n) is 3.12. The summed E-state index contributed by atoms with van der Waals surface area (Å²) in [6, 6.07) is 6.31. The molecule has 1 saturated heterocycles. The summed E-state index contributed by atoms with van der Waals surface area (Å²) in [7, 11) is 0. The Morgan fingerprint density at radius 3 is 2.57 bits per heavy atom. The van der Waals surface area contributed by atoms with Gasteiger partial charge in [0.05, 0.1) is 30.7 Å². The second kappa shape index (κ2) is 8.94. The summed E-state index contributed by atoms with van der Waals surface area (Å²) in [6.45, 7) is 6.08. The molecule has 2 aromatic rings. The number of aromatic nitrogens is 2. The molecule has 2 amide bonds. The summed E-state index contributed by atoms with van der Waals surface area (Å²) in [5.74, 6) is -0.685. The predicted molar refractivity (Wildman–Crippen MR) is 103 cm³/mol. The third kappa shape index (κ3) is 4.73. The van der Waals surface area contributed by atoms with Crippen LogP contribution < -0.4 is 16.3 Å². The molecule has 0 aliphatic carbocycles. The summed E-state index contributed by atoms with van der Waals surface area (Å²) < 4.78 is 5.27. The van der Waals surface area contributed by atoms with Gasteiger partial charge >= 0.3 is 0 Å². The maximum absolute atomic E-state index is 12.6. The largest absolute Gasteiger partial charge is 0.379 e. The Kier molecular flexibility index (Phi) is 6.37. The molecule has 3 rings (SSSR count). The smallest absolute Gasteiger partial charge is 0.272 e. The molecule has 0 spiro atoms. The lowest BCUT2D eigenvalue weighted by molar-refractivity contribution is -0.134. The van der Waals surface area contributed by atoms with Gasteiger partial charge in [0.25, 0.3) is 11.5 Å². The molecule has 1 aromatic heterocycles.